The summed E-state index contributed by atoms with van der Waals surface area (Å²) < 4.78 is 28.0. The fourth-order valence-corrected chi connectivity index (χ4v) is 2.56. The van der Waals surface area contributed by atoms with Crippen molar-refractivity contribution in [3.63, 3.8) is 0 Å². The van der Waals surface area contributed by atoms with E-state index >= 15 is 0 Å². The molecule has 5 nitrogen and oxygen atoms in total. The Hall–Kier alpha value is -1.92. The maximum atomic E-state index is 12.1. The zero-order valence-corrected chi connectivity index (χ0v) is 11.4. The van der Waals surface area contributed by atoms with Crippen molar-refractivity contribution in [1.29, 1.82) is 0 Å². The van der Waals surface area contributed by atoms with Crippen molar-refractivity contribution in [3.05, 3.63) is 58.4 Å². The van der Waals surface area contributed by atoms with E-state index in [4.69, 9.17) is 0 Å². The number of hydrogen-bond donors (Lipinski definition) is 1. The highest BCUT2D eigenvalue weighted by atomic mass is 32.2. The molecule has 0 saturated heterocycles. The number of nitrogens with zero attached hydrogens (tertiary/aromatic N) is 2. The number of aromatic nitrogens is 1. The molecule has 1 heterocycles. The number of aryl methyl sites for hydroxylation is 1. The van der Waals surface area contributed by atoms with Crippen LogP contribution < -0.4 is 5.73 Å². The number of pyridine rings is 1. The molecule has 1 aromatic carbocycles. The van der Waals surface area contributed by atoms with Crippen LogP contribution in [0.25, 0.3) is 4.72 Å². The molecule has 0 aliphatic carbocycles. The second kappa shape index (κ2) is 5.38. The Kier molecular flexibility index (Phi) is 3.82. The summed E-state index contributed by atoms with van der Waals surface area (Å²) in [6.07, 6.45) is 1.58. The monoisotopic (exact) mass is 277 g/mol. The SMILES string of the molecule is Cc1ccc([N-]S(=O)(=O)c2cccc(C[NH3+])c2)nc1. The van der Waals surface area contributed by atoms with Gasteiger partial charge in [0.05, 0.1) is 11.4 Å². The second-order valence-corrected chi connectivity index (χ2v) is 5.76. The highest BCUT2D eigenvalue weighted by Gasteiger charge is 2.10. The third-order valence-electron chi connectivity index (χ3n) is 2.59. The van der Waals surface area contributed by atoms with Crippen LogP contribution in [0.1, 0.15) is 11.1 Å². The van der Waals surface area contributed by atoms with Crippen LogP contribution in [0.5, 0.6) is 0 Å². The van der Waals surface area contributed by atoms with Crippen LogP contribution in [-0.4, -0.2) is 13.4 Å². The zero-order chi connectivity index (χ0) is 13.9. The predicted octanol–water partition coefficient (Wildman–Crippen LogP) is 1.53. The average molecular weight is 277 g/mol. The molecule has 2 rings (SSSR count). The van der Waals surface area contributed by atoms with Gasteiger partial charge >= 0.3 is 0 Å². The molecular formula is C13H15N3O2S. The molecule has 0 aliphatic heterocycles. The number of benzene rings is 1. The first-order valence-electron chi connectivity index (χ1n) is 5.80. The molecule has 100 valence electrons. The zero-order valence-electron chi connectivity index (χ0n) is 10.6. The second-order valence-electron chi connectivity index (χ2n) is 4.16. The summed E-state index contributed by atoms with van der Waals surface area (Å²) in [6, 6.07) is 9.97. The molecule has 2 aromatic rings. The molecule has 0 bridgehead atoms. The predicted molar refractivity (Wildman–Crippen MR) is 72.2 cm³/mol. The molecule has 0 amide bonds. The summed E-state index contributed by atoms with van der Waals surface area (Å²) in [7, 11) is -3.72. The third-order valence-corrected chi connectivity index (χ3v) is 3.87. The topological polar surface area (TPSA) is 88.8 Å². The molecule has 0 spiro atoms. The minimum absolute atomic E-state index is 0.163. The largest absolute Gasteiger partial charge is 0.442 e. The van der Waals surface area contributed by atoms with E-state index in [1.807, 2.05) is 13.0 Å². The minimum atomic E-state index is -3.72. The molecular weight excluding hydrogens is 262 g/mol. The van der Waals surface area contributed by atoms with Crippen LogP contribution >= 0.6 is 0 Å². The first-order valence-corrected chi connectivity index (χ1v) is 7.24. The molecule has 0 atom stereocenters. The van der Waals surface area contributed by atoms with E-state index in [1.165, 1.54) is 6.07 Å². The minimum Gasteiger partial charge on any atom is -0.442 e. The summed E-state index contributed by atoms with van der Waals surface area (Å²) in [5.41, 5.74) is 5.54. The van der Waals surface area contributed by atoms with E-state index in [9.17, 15) is 8.42 Å². The van der Waals surface area contributed by atoms with Crippen molar-refractivity contribution < 1.29 is 14.2 Å². The average Bonchev–Trinajstić information content (AvgIpc) is 2.41. The van der Waals surface area contributed by atoms with Gasteiger partial charge in [-0.05, 0) is 24.9 Å². The summed E-state index contributed by atoms with van der Waals surface area (Å²) in [5, 5.41) is 0. The Morgan fingerprint density at radius 1 is 1.26 bits per heavy atom. The molecule has 0 unspecified atom stereocenters. The molecule has 6 heteroatoms. The van der Waals surface area contributed by atoms with Gasteiger partial charge in [0.25, 0.3) is 0 Å². The molecule has 0 fully saturated rings. The molecule has 0 saturated carbocycles. The Labute approximate surface area is 112 Å². The van der Waals surface area contributed by atoms with Gasteiger partial charge in [0.15, 0.2) is 0 Å². The van der Waals surface area contributed by atoms with E-state index in [0.717, 1.165) is 11.1 Å². The van der Waals surface area contributed by atoms with Gasteiger partial charge in [-0.3, -0.25) is 0 Å². The van der Waals surface area contributed by atoms with Crippen LogP contribution in [0.15, 0.2) is 47.5 Å². The van der Waals surface area contributed by atoms with Gasteiger partial charge < -0.3 is 15.4 Å². The van der Waals surface area contributed by atoms with Crippen LogP contribution in [-0.2, 0) is 16.6 Å². The van der Waals surface area contributed by atoms with Crippen LogP contribution in [0.3, 0.4) is 0 Å². The van der Waals surface area contributed by atoms with Crippen molar-refractivity contribution in [2.24, 2.45) is 0 Å². The fraction of sp³-hybridized carbons (Fsp3) is 0.154. The van der Waals surface area contributed by atoms with E-state index in [-0.39, 0.29) is 10.7 Å². The number of quaternary nitrogens is 1. The van der Waals surface area contributed by atoms with Gasteiger partial charge in [-0.1, -0.05) is 36.0 Å². The highest BCUT2D eigenvalue weighted by molar-refractivity contribution is 7.94. The van der Waals surface area contributed by atoms with Gasteiger partial charge in [0.2, 0.25) is 10.0 Å². The Bertz CT molecular complexity index is 667. The lowest BCUT2D eigenvalue weighted by Crippen LogP contribution is -2.47. The maximum absolute atomic E-state index is 12.1. The van der Waals surface area contributed by atoms with E-state index < -0.39 is 10.0 Å². The first-order chi connectivity index (χ1) is 9.01. The summed E-state index contributed by atoms with van der Waals surface area (Å²) in [4.78, 5) is 4.14. The summed E-state index contributed by atoms with van der Waals surface area (Å²) >= 11 is 0. The molecule has 3 N–H and O–H groups in total. The van der Waals surface area contributed by atoms with Gasteiger partial charge in [-0.2, -0.15) is 0 Å². The Morgan fingerprint density at radius 3 is 2.68 bits per heavy atom. The van der Waals surface area contributed by atoms with Crippen molar-refractivity contribution in [1.82, 2.24) is 4.98 Å². The van der Waals surface area contributed by atoms with Gasteiger partial charge in [0, 0.05) is 5.56 Å². The van der Waals surface area contributed by atoms with Crippen molar-refractivity contribution in [2.75, 3.05) is 0 Å². The number of hydrogen-bond acceptors (Lipinski definition) is 3. The van der Waals surface area contributed by atoms with E-state index in [1.54, 1.807) is 30.5 Å². The van der Waals surface area contributed by atoms with Gasteiger partial charge in [-0.15, -0.1) is 0 Å². The third kappa shape index (κ3) is 3.30. The van der Waals surface area contributed by atoms with Crippen molar-refractivity contribution in [3.8, 4) is 0 Å². The van der Waals surface area contributed by atoms with E-state index in [0.29, 0.717) is 6.54 Å². The quantitative estimate of drug-likeness (QED) is 0.919. The molecule has 0 aliphatic rings. The molecule has 19 heavy (non-hydrogen) atoms. The maximum Gasteiger partial charge on any atom is 0.202 e. The first kappa shape index (κ1) is 13.5. The van der Waals surface area contributed by atoms with Crippen LogP contribution in [0, 0.1) is 6.92 Å². The molecule has 1 aromatic heterocycles. The standard InChI is InChI=1S/C13H14N3O2S/c1-10-5-6-13(15-9-10)16-19(17,18)12-4-2-3-11(7-12)8-14/h2-7,9H,8,14H2,1H3/q-1/p+1. The van der Waals surface area contributed by atoms with Crippen molar-refractivity contribution >= 4 is 15.8 Å². The van der Waals surface area contributed by atoms with E-state index in [2.05, 4.69) is 15.4 Å². The van der Waals surface area contributed by atoms with Crippen molar-refractivity contribution in [2.45, 2.75) is 18.4 Å². The summed E-state index contributed by atoms with van der Waals surface area (Å²) in [5.74, 6) is 0.186. The Morgan fingerprint density at radius 2 is 2.05 bits per heavy atom. The lowest BCUT2D eigenvalue weighted by atomic mass is 10.2. The highest BCUT2D eigenvalue weighted by Crippen LogP contribution is 2.25. The number of sulfonamides is 1. The summed E-state index contributed by atoms with van der Waals surface area (Å²) in [6.45, 7) is 2.41. The fourth-order valence-electron chi connectivity index (χ4n) is 1.55. The Balaban J connectivity index is 2.29. The normalized spacial score (nSPS) is 11.3. The smallest absolute Gasteiger partial charge is 0.202 e. The van der Waals surface area contributed by atoms with Crippen LogP contribution in [0.2, 0.25) is 0 Å². The molecule has 0 radical (unpaired) electrons. The van der Waals surface area contributed by atoms with Gasteiger partial charge in [-0.25, -0.2) is 8.42 Å². The lowest BCUT2D eigenvalue weighted by molar-refractivity contribution is -0.386. The number of rotatable bonds is 4. The van der Waals surface area contributed by atoms with Crippen LogP contribution in [0.4, 0.5) is 5.82 Å². The lowest BCUT2D eigenvalue weighted by Gasteiger charge is -2.15. The van der Waals surface area contributed by atoms with Gasteiger partial charge in [0.1, 0.15) is 0 Å².